The third-order valence-electron chi connectivity index (χ3n) is 2.92. The molecule has 1 aromatic heterocycles. The number of sulfone groups is 1. The molecular weight excluding hydrogens is 366 g/mol. The highest BCUT2D eigenvalue weighted by atomic mass is 35.5. The van der Waals surface area contributed by atoms with Gasteiger partial charge in [-0.25, -0.2) is 21.6 Å². The van der Waals surface area contributed by atoms with Crippen molar-refractivity contribution >= 4 is 42.8 Å². The molecule has 120 valence electrons. The van der Waals surface area contributed by atoms with Crippen LogP contribution in [0.2, 0.25) is 4.34 Å². The number of hydrogen-bond acceptors (Lipinski definition) is 5. The zero-order valence-electron chi connectivity index (χ0n) is 11.8. The first kappa shape index (κ1) is 17.4. The zero-order chi connectivity index (χ0) is 16.5. The van der Waals surface area contributed by atoms with E-state index in [-0.39, 0.29) is 15.6 Å². The lowest BCUT2D eigenvalue weighted by atomic mass is 10.2. The lowest BCUT2D eigenvalue weighted by Gasteiger charge is -2.05. The van der Waals surface area contributed by atoms with Gasteiger partial charge in [-0.2, -0.15) is 0 Å². The van der Waals surface area contributed by atoms with Gasteiger partial charge in [-0.15, -0.1) is 11.3 Å². The average molecular weight is 380 g/mol. The molecule has 0 amide bonds. The molecule has 0 bridgehead atoms. The average Bonchev–Trinajstić information content (AvgIpc) is 2.77. The number of hydrogen-bond donors (Lipinski definition) is 1. The molecule has 5 nitrogen and oxygen atoms in total. The van der Waals surface area contributed by atoms with Gasteiger partial charge >= 0.3 is 0 Å². The van der Waals surface area contributed by atoms with Crippen molar-refractivity contribution < 1.29 is 16.8 Å². The van der Waals surface area contributed by atoms with E-state index in [1.807, 2.05) is 0 Å². The maximum atomic E-state index is 12.1. The van der Waals surface area contributed by atoms with E-state index in [1.165, 1.54) is 18.2 Å². The summed E-state index contributed by atoms with van der Waals surface area (Å²) in [5.74, 6) is 0. The van der Waals surface area contributed by atoms with Crippen LogP contribution in [0.5, 0.6) is 0 Å². The van der Waals surface area contributed by atoms with Crippen LogP contribution < -0.4 is 4.72 Å². The van der Waals surface area contributed by atoms with Crippen molar-refractivity contribution in [2.24, 2.45) is 0 Å². The SMILES string of the molecule is Cc1cc(S(=O)(=O)NCc2ccc(S(C)(=O)=O)cc2)sc1Cl. The van der Waals surface area contributed by atoms with Gasteiger partial charge in [0.2, 0.25) is 10.0 Å². The fraction of sp³-hybridized carbons (Fsp3) is 0.231. The number of sulfonamides is 1. The molecule has 1 N–H and O–H groups in total. The van der Waals surface area contributed by atoms with E-state index in [4.69, 9.17) is 11.6 Å². The second-order valence-electron chi connectivity index (χ2n) is 4.76. The van der Waals surface area contributed by atoms with Crippen molar-refractivity contribution in [3.63, 3.8) is 0 Å². The predicted molar refractivity (Wildman–Crippen MR) is 87.6 cm³/mol. The van der Waals surface area contributed by atoms with E-state index < -0.39 is 19.9 Å². The molecule has 0 fully saturated rings. The Hall–Kier alpha value is -0.930. The molecule has 0 radical (unpaired) electrons. The van der Waals surface area contributed by atoms with Gasteiger partial charge < -0.3 is 0 Å². The van der Waals surface area contributed by atoms with E-state index in [9.17, 15) is 16.8 Å². The summed E-state index contributed by atoms with van der Waals surface area (Å²) in [6, 6.07) is 7.56. The predicted octanol–water partition coefficient (Wildman–Crippen LogP) is 2.59. The first-order valence-electron chi connectivity index (χ1n) is 6.14. The number of benzene rings is 1. The summed E-state index contributed by atoms with van der Waals surface area (Å²) in [7, 11) is -6.89. The van der Waals surface area contributed by atoms with Gasteiger partial charge in [0.05, 0.1) is 9.23 Å². The molecule has 0 unspecified atom stereocenters. The number of halogens is 1. The fourth-order valence-electron chi connectivity index (χ4n) is 1.67. The number of thiophene rings is 1. The molecule has 1 aromatic carbocycles. The summed E-state index contributed by atoms with van der Waals surface area (Å²) in [5.41, 5.74) is 1.37. The highest BCUT2D eigenvalue weighted by molar-refractivity contribution is 7.91. The van der Waals surface area contributed by atoms with E-state index in [0.29, 0.717) is 15.5 Å². The molecule has 0 aliphatic rings. The van der Waals surface area contributed by atoms with Crippen LogP contribution in [0.3, 0.4) is 0 Å². The Kier molecular flexibility index (Phi) is 4.98. The van der Waals surface area contributed by atoms with Crippen LogP contribution in [-0.2, 0) is 26.4 Å². The van der Waals surface area contributed by atoms with Gasteiger partial charge in [0.15, 0.2) is 9.84 Å². The van der Waals surface area contributed by atoms with Crippen LogP contribution in [0.1, 0.15) is 11.1 Å². The highest BCUT2D eigenvalue weighted by Gasteiger charge is 2.18. The first-order chi connectivity index (χ1) is 10.1. The quantitative estimate of drug-likeness (QED) is 0.865. The zero-order valence-corrected chi connectivity index (χ0v) is 15.0. The normalized spacial score (nSPS) is 12.5. The van der Waals surface area contributed by atoms with Gasteiger partial charge in [-0.1, -0.05) is 23.7 Å². The van der Waals surface area contributed by atoms with Gasteiger partial charge in [-0.3, -0.25) is 0 Å². The summed E-state index contributed by atoms with van der Waals surface area (Å²) in [6.07, 6.45) is 1.12. The smallest absolute Gasteiger partial charge is 0.224 e. The Labute approximate surface area is 138 Å². The fourth-order valence-corrected chi connectivity index (χ4v) is 5.07. The van der Waals surface area contributed by atoms with Crippen molar-refractivity contribution in [3.8, 4) is 0 Å². The Bertz CT molecular complexity index is 864. The Morgan fingerprint density at radius 2 is 1.73 bits per heavy atom. The van der Waals surface area contributed by atoms with Crippen LogP contribution in [0.4, 0.5) is 0 Å². The third-order valence-corrected chi connectivity index (χ3v) is 7.48. The van der Waals surface area contributed by atoms with Crippen LogP contribution in [0.15, 0.2) is 39.4 Å². The second kappa shape index (κ2) is 6.29. The van der Waals surface area contributed by atoms with Crippen LogP contribution in [-0.4, -0.2) is 23.1 Å². The molecule has 22 heavy (non-hydrogen) atoms. The molecule has 0 saturated heterocycles. The Morgan fingerprint density at radius 1 is 1.14 bits per heavy atom. The summed E-state index contributed by atoms with van der Waals surface area (Å²) >= 11 is 6.88. The molecule has 2 aromatic rings. The van der Waals surface area contributed by atoms with E-state index >= 15 is 0 Å². The number of rotatable bonds is 5. The largest absolute Gasteiger partial charge is 0.250 e. The summed E-state index contributed by atoms with van der Waals surface area (Å²) in [5, 5.41) is 0. The monoisotopic (exact) mass is 379 g/mol. The Balaban J connectivity index is 2.12. The maximum absolute atomic E-state index is 12.1. The molecular formula is C13H14ClNO4S3. The van der Waals surface area contributed by atoms with Crippen molar-refractivity contribution in [2.45, 2.75) is 22.6 Å². The molecule has 9 heteroatoms. The second-order valence-corrected chi connectivity index (χ2v) is 10.4. The molecule has 0 atom stereocenters. The Morgan fingerprint density at radius 3 is 2.18 bits per heavy atom. The maximum Gasteiger partial charge on any atom is 0.250 e. The van der Waals surface area contributed by atoms with E-state index in [0.717, 1.165) is 17.6 Å². The van der Waals surface area contributed by atoms with Gasteiger partial charge in [0, 0.05) is 12.8 Å². The van der Waals surface area contributed by atoms with E-state index in [1.54, 1.807) is 19.1 Å². The lowest BCUT2D eigenvalue weighted by Crippen LogP contribution is -2.22. The molecule has 2 rings (SSSR count). The van der Waals surface area contributed by atoms with Gasteiger partial charge in [-0.05, 0) is 36.2 Å². The highest BCUT2D eigenvalue weighted by Crippen LogP contribution is 2.30. The van der Waals surface area contributed by atoms with Crippen molar-refractivity contribution in [2.75, 3.05) is 6.26 Å². The number of aryl methyl sites for hydroxylation is 1. The van der Waals surface area contributed by atoms with Crippen molar-refractivity contribution in [1.82, 2.24) is 4.72 Å². The van der Waals surface area contributed by atoms with Gasteiger partial charge in [0.25, 0.3) is 0 Å². The molecule has 1 heterocycles. The minimum atomic E-state index is -3.63. The number of nitrogens with one attached hydrogen (secondary N) is 1. The van der Waals surface area contributed by atoms with Gasteiger partial charge in [0.1, 0.15) is 4.21 Å². The topological polar surface area (TPSA) is 80.3 Å². The first-order valence-corrected chi connectivity index (χ1v) is 10.7. The molecule has 0 aliphatic heterocycles. The molecule has 0 spiro atoms. The van der Waals surface area contributed by atoms with Crippen molar-refractivity contribution in [1.29, 1.82) is 0 Å². The molecule has 0 aliphatic carbocycles. The van der Waals surface area contributed by atoms with Crippen molar-refractivity contribution in [3.05, 3.63) is 45.8 Å². The van der Waals surface area contributed by atoms with Crippen LogP contribution >= 0.6 is 22.9 Å². The summed E-state index contributed by atoms with van der Waals surface area (Å²) < 4.78 is 50.1. The standard InChI is InChI=1S/C13H14ClNO4S3/c1-9-7-12(20-13(9)14)22(18,19)15-8-10-3-5-11(6-4-10)21(2,16)17/h3-7,15H,8H2,1-2H3. The third kappa shape index (κ3) is 4.08. The minimum absolute atomic E-state index is 0.0704. The lowest BCUT2D eigenvalue weighted by molar-refractivity contribution is 0.583. The van der Waals surface area contributed by atoms with E-state index in [2.05, 4.69) is 4.72 Å². The minimum Gasteiger partial charge on any atom is -0.224 e. The molecule has 0 saturated carbocycles. The van der Waals surface area contributed by atoms with Crippen LogP contribution in [0.25, 0.3) is 0 Å². The van der Waals surface area contributed by atoms with Crippen LogP contribution in [0, 0.1) is 6.92 Å². The summed E-state index contributed by atoms with van der Waals surface area (Å²) in [4.78, 5) is 0.194. The summed E-state index contributed by atoms with van der Waals surface area (Å²) in [6.45, 7) is 1.81.